The molecule has 0 aliphatic carbocycles. The summed E-state index contributed by atoms with van der Waals surface area (Å²) in [6.07, 6.45) is 1.17. The zero-order valence-corrected chi connectivity index (χ0v) is 16.0. The second kappa shape index (κ2) is 7.61. The maximum absolute atomic E-state index is 12.7. The third-order valence-corrected chi connectivity index (χ3v) is 4.91. The molecule has 2 heterocycles. The second-order valence-corrected chi connectivity index (χ2v) is 6.51. The number of carbonyl (C=O) groups excluding carboxylic acids is 3. The van der Waals surface area contributed by atoms with Crippen LogP contribution in [-0.2, 0) is 9.47 Å². The van der Waals surface area contributed by atoms with E-state index in [1.165, 1.54) is 54.4 Å². The van der Waals surface area contributed by atoms with Gasteiger partial charge in [0.1, 0.15) is 5.56 Å². The number of esters is 2. The summed E-state index contributed by atoms with van der Waals surface area (Å²) < 4.78 is 10.7. The van der Waals surface area contributed by atoms with Crippen LogP contribution in [0.25, 0.3) is 4.96 Å². The first kappa shape index (κ1) is 19.2. The quantitative estimate of drug-likeness (QED) is 0.664. The van der Waals surface area contributed by atoms with Crippen LogP contribution in [0.4, 0.5) is 5.69 Å². The summed E-state index contributed by atoms with van der Waals surface area (Å²) in [6.45, 7) is 1.73. The number of aryl methyl sites for hydroxylation is 1. The highest BCUT2D eigenvalue weighted by Crippen LogP contribution is 2.20. The lowest BCUT2D eigenvalue weighted by atomic mass is 10.1. The molecule has 3 rings (SSSR count). The van der Waals surface area contributed by atoms with Crippen molar-refractivity contribution in [3.63, 3.8) is 0 Å². The van der Waals surface area contributed by atoms with Gasteiger partial charge in [0, 0.05) is 17.3 Å². The lowest BCUT2D eigenvalue weighted by molar-refractivity contribution is 0.0587. The van der Waals surface area contributed by atoms with Crippen LogP contribution in [0.1, 0.15) is 36.8 Å². The van der Waals surface area contributed by atoms with Crippen LogP contribution >= 0.6 is 11.3 Å². The van der Waals surface area contributed by atoms with E-state index in [9.17, 15) is 19.2 Å². The molecule has 1 amide bonds. The van der Waals surface area contributed by atoms with Crippen LogP contribution < -0.4 is 10.9 Å². The van der Waals surface area contributed by atoms with Crippen molar-refractivity contribution in [3.05, 3.63) is 62.5 Å². The molecular weight excluding hydrogens is 386 g/mol. The molecule has 9 nitrogen and oxygen atoms in total. The predicted octanol–water partition coefficient (Wildman–Crippen LogP) is 1.89. The molecule has 0 saturated carbocycles. The number of anilines is 1. The molecule has 1 N–H and O–H groups in total. The van der Waals surface area contributed by atoms with Gasteiger partial charge in [-0.1, -0.05) is 0 Å². The average Bonchev–Trinajstić information content (AvgIpc) is 3.08. The highest BCUT2D eigenvalue weighted by molar-refractivity contribution is 7.15. The fourth-order valence-electron chi connectivity index (χ4n) is 2.55. The number of benzene rings is 1. The molecule has 0 atom stereocenters. The summed E-state index contributed by atoms with van der Waals surface area (Å²) >= 11 is 1.28. The highest BCUT2D eigenvalue weighted by atomic mass is 32.1. The monoisotopic (exact) mass is 401 g/mol. The number of methoxy groups -OCH3 is 2. The molecule has 0 bridgehead atoms. The van der Waals surface area contributed by atoms with Crippen molar-refractivity contribution >= 4 is 39.8 Å². The number of aromatic nitrogens is 2. The normalized spacial score (nSPS) is 10.5. The second-order valence-electron chi connectivity index (χ2n) is 5.67. The van der Waals surface area contributed by atoms with Crippen molar-refractivity contribution in [1.82, 2.24) is 9.38 Å². The zero-order chi connectivity index (χ0) is 20.4. The SMILES string of the molecule is COC(=O)c1ccc(C(=O)OC)c(NC(=O)c2cnc3scc(C)n3c2=O)c1. The van der Waals surface area contributed by atoms with Gasteiger partial charge in [0.15, 0.2) is 4.96 Å². The maximum Gasteiger partial charge on any atom is 0.339 e. The number of hydrogen-bond acceptors (Lipinski definition) is 8. The Morgan fingerprint density at radius 3 is 2.50 bits per heavy atom. The van der Waals surface area contributed by atoms with Gasteiger partial charge in [-0.25, -0.2) is 14.6 Å². The summed E-state index contributed by atoms with van der Waals surface area (Å²) in [6, 6.07) is 3.96. The lowest BCUT2D eigenvalue weighted by Crippen LogP contribution is -2.27. The van der Waals surface area contributed by atoms with E-state index >= 15 is 0 Å². The molecule has 144 valence electrons. The van der Waals surface area contributed by atoms with Crippen LogP contribution in [0.5, 0.6) is 0 Å². The Hall–Kier alpha value is -3.53. The molecule has 0 aliphatic heterocycles. The lowest BCUT2D eigenvalue weighted by Gasteiger charge is -2.11. The predicted molar refractivity (Wildman–Crippen MR) is 101 cm³/mol. The van der Waals surface area contributed by atoms with Crippen LogP contribution in [0, 0.1) is 6.92 Å². The van der Waals surface area contributed by atoms with Crippen molar-refractivity contribution < 1.29 is 23.9 Å². The molecule has 0 aliphatic rings. The minimum atomic E-state index is -0.773. The Morgan fingerprint density at radius 2 is 1.82 bits per heavy atom. The Labute approximate surface area is 162 Å². The number of carbonyl (C=O) groups is 3. The van der Waals surface area contributed by atoms with Crippen molar-refractivity contribution in [2.24, 2.45) is 0 Å². The average molecular weight is 401 g/mol. The first-order valence-corrected chi connectivity index (χ1v) is 8.83. The minimum absolute atomic E-state index is 0.00582. The summed E-state index contributed by atoms with van der Waals surface area (Å²) in [7, 11) is 2.39. The Kier molecular flexibility index (Phi) is 5.23. The van der Waals surface area contributed by atoms with Crippen molar-refractivity contribution in [3.8, 4) is 0 Å². The largest absolute Gasteiger partial charge is 0.465 e. The molecule has 0 unspecified atom stereocenters. The number of nitrogens with one attached hydrogen (secondary N) is 1. The molecule has 0 saturated heterocycles. The third kappa shape index (κ3) is 3.37. The molecule has 3 aromatic rings. The fourth-order valence-corrected chi connectivity index (χ4v) is 3.38. The molecule has 0 spiro atoms. The number of ether oxygens (including phenoxy) is 2. The van der Waals surface area contributed by atoms with E-state index in [4.69, 9.17) is 4.74 Å². The van der Waals surface area contributed by atoms with Gasteiger partial charge in [-0.05, 0) is 25.1 Å². The highest BCUT2D eigenvalue weighted by Gasteiger charge is 2.20. The first-order valence-electron chi connectivity index (χ1n) is 7.95. The standard InChI is InChI=1S/C18H15N3O6S/c1-9-8-28-18-19-7-12(15(23)21(9)18)14(22)20-13-6-10(16(24)26-2)4-5-11(13)17(25)27-3/h4-8H,1-3H3,(H,20,22). The molecule has 2 aromatic heterocycles. The van der Waals surface area contributed by atoms with Gasteiger partial charge in [-0.3, -0.25) is 14.0 Å². The minimum Gasteiger partial charge on any atom is -0.465 e. The zero-order valence-electron chi connectivity index (χ0n) is 15.1. The number of thiazole rings is 1. The van der Waals surface area contributed by atoms with Gasteiger partial charge in [-0.2, -0.15) is 0 Å². The molecular formula is C18H15N3O6S. The van der Waals surface area contributed by atoms with E-state index in [1.54, 1.807) is 12.3 Å². The number of fused-ring (bicyclic) bond motifs is 1. The molecule has 0 radical (unpaired) electrons. The van der Waals surface area contributed by atoms with Crippen molar-refractivity contribution in [2.75, 3.05) is 19.5 Å². The van der Waals surface area contributed by atoms with E-state index in [0.717, 1.165) is 0 Å². The number of amides is 1. The van der Waals surface area contributed by atoms with Gasteiger partial charge >= 0.3 is 11.9 Å². The van der Waals surface area contributed by atoms with Gasteiger partial charge < -0.3 is 14.8 Å². The van der Waals surface area contributed by atoms with Gasteiger partial charge in [0.05, 0.1) is 31.0 Å². The molecule has 0 fully saturated rings. The van der Waals surface area contributed by atoms with Crippen molar-refractivity contribution in [2.45, 2.75) is 6.92 Å². The Morgan fingerprint density at radius 1 is 1.11 bits per heavy atom. The summed E-state index contributed by atoms with van der Waals surface area (Å²) in [5.74, 6) is -2.14. The summed E-state index contributed by atoms with van der Waals surface area (Å²) in [5, 5.41) is 4.23. The molecule has 1 aromatic carbocycles. The van der Waals surface area contributed by atoms with Crippen LogP contribution in [-0.4, -0.2) is 41.5 Å². The Balaban J connectivity index is 2.04. The van der Waals surface area contributed by atoms with E-state index in [1.807, 2.05) is 0 Å². The summed E-state index contributed by atoms with van der Waals surface area (Å²) in [4.78, 5) is 53.7. The first-order chi connectivity index (χ1) is 13.4. The molecule has 10 heteroatoms. The van der Waals surface area contributed by atoms with E-state index in [2.05, 4.69) is 15.0 Å². The van der Waals surface area contributed by atoms with Crippen LogP contribution in [0.15, 0.2) is 34.6 Å². The fraction of sp³-hybridized carbons (Fsp3) is 0.167. The van der Waals surface area contributed by atoms with E-state index < -0.39 is 23.4 Å². The van der Waals surface area contributed by atoms with Gasteiger partial charge in [-0.15, -0.1) is 11.3 Å². The Bertz CT molecular complexity index is 1160. The van der Waals surface area contributed by atoms with Crippen LogP contribution in [0.3, 0.4) is 0 Å². The van der Waals surface area contributed by atoms with E-state index in [-0.39, 0.29) is 22.4 Å². The summed E-state index contributed by atoms with van der Waals surface area (Å²) in [5.41, 5.74) is 0.0402. The number of hydrogen-bond donors (Lipinski definition) is 1. The topological polar surface area (TPSA) is 116 Å². The van der Waals surface area contributed by atoms with E-state index in [0.29, 0.717) is 10.7 Å². The third-order valence-electron chi connectivity index (χ3n) is 3.96. The number of rotatable bonds is 4. The van der Waals surface area contributed by atoms with Crippen LogP contribution in [0.2, 0.25) is 0 Å². The number of nitrogens with zero attached hydrogens (tertiary/aromatic N) is 2. The maximum atomic E-state index is 12.7. The molecule has 28 heavy (non-hydrogen) atoms. The van der Waals surface area contributed by atoms with Gasteiger partial charge in [0.25, 0.3) is 11.5 Å². The smallest absolute Gasteiger partial charge is 0.339 e. The van der Waals surface area contributed by atoms with Crippen molar-refractivity contribution in [1.29, 1.82) is 0 Å². The van der Waals surface area contributed by atoms with Gasteiger partial charge in [0.2, 0.25) is 0 Å².